The first-order valence-electron chi connectivity index (χ1n) is 15.0. The van der Waals surface area contributed by atoms with Crippen LogP contribution < -0.4 is 10.2 Å². The molecule has 1 saturated heterocycles. The number of nitrogens with one attached hydrogen (secondary N) is 1. The van der Waals surface area contributed by atoms with E-state index in [1.165, 1.54) is 12.1 Å². The molecule has 1 atom stereocenters. The molecule has 0 aromatic heterocycles. The van der Waals surface area contributed by atoms with Crippen molar-refractivity contribution in [1.82, 2.24) is 4.90 Å². The van der Waals surface area contributed by atoms with Gasteiger partial charge in [0, 0.05) is 31.5 Å². The van der Waals surface area contributed by atoms with E-state index < -0.39 is 17.8 Å². The lowest BCUT2D eigenvalue weighted by Crippen LogP contribution is -2.36. The summed E-state index contributed by atoms with van der Waals surface area (Å²) in [6, 6.07) is 18.9. The van der Waals surface area contributed by atoms with Crippen molar-refractivity contribution < 1.29 is 28.6 Å². The largest absolute Gasteiger partial charge is 0.481 e. The number of carboxylic acid groups (broad SMARTS) is 1. The highest BCUT2D eigenvalue weighted by atomic mass is 19.1. The van der Waals surface area contributed by atoms with Crippen LogP contribution in [0.1, 0.15) is 49.3 Å². The van der Waals surface area contributed by atoms with Gasteiger partial charge in [0.05, 0.1) is 37.1 Å². The summed E-state index contributed by atoms with van der Waals surface area (Å²) in [7, 11) is 0. The minimum atomic E-state index is -1.03. The Morgan fingerprint density at radius 3 is 2.30 bits per heavy atom. The normalized spacial score (nSPS) is 17.3. The Labute approximate surface area is 250 Å². The summed E-state index contributed by atoms with van der Waals surface area (Å²) in [4.78, 5) is 42.1. The van der Waals surface area contributed by atoms with Gasteiger partial charge < -0.3 is 25.0 Å². The molecule has 224 valence electrons. The second-order valence-corrected chi connectivity index (χ2v) is 11.7. The molecule has 3 aromatic carbocycles. The van der Waals surface area contributed by atoms with Crippen LogP contribution in [0.2, 0.25) is 0 Å². The van der Waals surface area contributed by atoms with Gasteiger partial charge in [-0.3, -0.25) is 14.4 Å². The SMILES string of the molecule is O=C(O)CC(c1ccc(F)cc1)N(Cc1cccc(-c2ccc(N3CCOCC3)c(NC(=O)C3CC3)c2)c1)C(=O)C1CC1. The average Bonchev–Trinajstić information content (AvgIpc) is 3.93. The highest BCUT2D eigenvalue weighted by Gasteiger charge is 2.37. The minimum absolute atomic E-state index is 0.0416. The van der Waals surface area contributed by atoms with Gasteiger partial charge in [-0.1, -0.05) is 36.4 Å². The summed E-state index contributed by atoms with van der Waals surface area (Å²) >= 11 is 0. The van der Waals surface area contributed by atoms with Gasteiger partial charge in [0.15, 0.2) is 0 Å². The Morgan fingerprint density at radius 1 is 0.930 bits per heavy atom. The smallest absolute Gasteiger partial charge is 0.305 e. The number of morpholine rings is 1. The quantitative estimate of drug-likeness (QED) is 0.303. The molecule has 2 aliphatic carbocycles. The van der Waals surface area contributed by atoms with E-state index >= 15 is 0 Å². The molecule has 2 N–H and O–H groups in total. The van der Waals surface area contributed by atoms with E-state index in [9.17, 15) is 23.9 Å². The van der Waals surface area contributed by atoms with Crippen LogP contribution >= 0.6 is 0 Å². The fraction of sp³-hybridized carbons (Fsp3) is 0.382. The summed E-state index contributed by atoms with van der Waals surface area (Å²) < 4.78 is 19.2. The molecule has 3 aliphatic rings. The third-order valence-electron chi connectivity index (χ3n) is 8.38. The first-order chi connectivity index (χ1) is 20.9. The lowest BCUT2D eigenvalue weighted by Gasteiger charge is -2.32. The molecule has 3 fully saturated rings. The third-order valence-corrected chi connectivity index (χ3v) is 8.38. The second-order valence-electron chi connectivity index (χ2n) is 11.7. The predicted molar refractivity (Wildman–Crippen MR) is 161 cm³/mol. The number of halogens is 1. The minimum Gasteiger partial charge on any atom is -0.481 e. The molecule has 6 rings (SSSR count). The number of amides is 2. The maximum absolute atomic E-state index is 13.7. The predicted octanol–water partition coefficient (Wildman–Crippen LogP) is 5.63. The lowest BCUT2D eigenvalue weighted by molar-refractivity contribution is -0.142. The molecule has 1 heterocycles. The molecule has 0 radical (unpaired) electrons. The fourth-order valence-corrected chi connectivity index (χ4v) is 5.69. The maximum atomic E-state index is 13.7. The van der Waals surface area contributed by atoms with Gasteiger partial charge in [-0.15, -0.1) is 0 Å². The third kappa shape index (κ3) is 7.05. The van der Waals surface area contributed by atoms with Crippen LogP contribution in [0, 0.1) is 17.7 Å². The monoisotopic (exact) mass is 585 g/mol. The zero-order chi connectivity index (χ0) is 29.9. The van der Waals surface area contributed by atoms with Crippen LogP contribution in [0.15, 0.2) is 66.7 Å². The highest BCUT2D eigenvalue weighted by Crippen LogP contribution is 2.38. The van der Waals surface area contributed by atoms with Crippen molar-refractivity contribution in [2.24, 2.45) is 11.8 Å². The number of hydrogen-bond donors (Lipinski definition) is 2. The summed E-state index contributed by atoms with van der Waals surface area (Å²) in [5, 5.41) is 12.9. The number of hydrogen-bond acceptors (Lipinski definition) is 5. The number of ether oxygens (including phenoxy) is 1. The number of rotatable bonds is 11. The molecule has 2 amide bonds. The number of nitrogens with zero attached hydrogens (tertiary/aromatic N) is 2. The van der Waals surface area contributed by atoms with Crippen molar-refractivity contribution in [2.45, 2.75) is 44.7 Å². The van der Waals surface area contributed by atoms with E-state index in [0.717, 1.165) is 66.8 Å². The zero-order valence-electron chi connectivity index (χ0n) is 24.0. The van der Waals surface area contributed by atoms with Crippen molar-refractivity contribution in [2.75, 3.05) is 36.5 Å². The molecule has 3 aromatic rings. The van der Waals surface area contributed by atoms with Gasteiger partial charge in [-0.2, -0.15) is 0 Å². The van der Waals surface area contributed by atoms with Crippen LogP contribution in [-0.4, -0.2) is 54.1 Å². The molecule has 9 heteroatoms. The first kappa shape index (κ1) is 28.9. The van der Waals surface area contributed by atoms with Crippen molar-refractivity contribution in [3.05, 3.63) is 83.7 Å². The molecule has 0 spiro atoms. The topological polar surface area (TPSA) is 99.2 Å². The molecule has 2 saturated carbocycles. The summed E-state index contributed by atoms with van der Waals surface area (Å²) in [5.74, 6) is -1.54. The van der Waals surface area contributed by atoms with E-state index in [2.05, 4.69) is 10.2 Å². The standard InChI is InChI=1S/C34H36FN3O5/c35-28-11-8-23(9-12-28)31(20-32(39)40)38(34(42)25-6-7-25)21-22-2-1-3-26(18-22)27-10-13-30(37-14-16-43-17-15-37)29(19-27)36-33(41)24-4-5-24/h1-3,8-13,18-19,24-25,31H,4-7,14-17,20-21H2,(H,36,41)(H,39,40). The number of anilines is 2. The summed E-state index contributed by atoms with van der Waals surface area (Å²) in [5.41, 5.74) is 5.02. The van der Waals surface area contributed by atoms with Gasteiger partial charge in [0.2, 0.25) is 11.8 Å². The van der Waals surface area contributed by atoms with Gasteiger partial charge in [-0.25, -0.2) is 4.39 Å². The lowest BCUT2D eigenvalue weighted by atomic mass is 9.98. The Morgan fingerprint density at radius 2 is 1.63 bits per heavy atom. The molecular weight excluding hydrogens is 549 g/mol. The summed E-state index contributed by atoms with van der Waals surface area (Å²) in [6.07, 6.45) is 3.11. The average molecular weight is 586 g/mol. The Kier molecular flexibility index (Phi) is 8.42. The van der Waals surface area contributed by atoms with Gasteiger partial charge in [0.1, 0.15) is 5.82 Å². The van der Waals surface area contributed by atoms with Crippen molar-refractivity contribution in [3.63, 3.8) is 0 Å². The number of carbonyl (C=O) groups is 3. The fourth-order valence-electron chi connectivity index (χ4n) is 5.69. The van der Waals surface area contributed by atoms with Crippen LogP contribution in [0.4, 0.5) is 15.8 Å². The summed E-state index contributed by atoms with van der Waals surface area (Å²) in [6.45, 7) is 2.98. The van der Waals surface area contributed by atoms with Crippen LogP contribution in [0.25, 0.3) is 11.1 Å². The highest BCUT2D eigenvalue weighted by molar-refractivity contribution is 5.98. The molecule has 8 nitrogen and oxygen atoms in total. The van der Waals surface area contributed by atoms with Gasteiger partial charge in [-0.05, 0) is 78.3 Å². The van der Waals surface area contributed by atoms with Gasteiger partial charge >= 0.3 is 5.97 Å². The number of benzene rings is 3. The van der Waals surface area contributed by atoms with Crippen molar-refractivity contribution >= 4 is 29.2 Å². The number of aliphatic carboxylic acids is 1. The van der Waals surface area contributed by atoms with E-state index in [0.29, 0.717) is 18.8 Å². The van der Waals surface area contributed by atoms with E-state index in [1.54, 1.807) is 17.0 Å². The zero-order valence-corrected chi connectivity index (χ0v) is 24.0. The van der Waals surface area contributed by atoms with E-state index in [4.69, 9.17) is 4.74 Å². The molecule has 1 unspecified atom stereocenters. The molecule has 0 bridgehead atoms. The molecule has 1 aliphatic heterocycles. The molecule has 43 heavy (non-hydrogen) atoms. The van der Waals surface area contributed by atoms with Gasteiger partial charge in [0.25, 0.3) is 0 Å². The second kappa shape index (κ2) is 12.6. The van der Waals surface area contributed by atoms with Crippen LogP contribution in [0.3, 0.4) is 0 Å². The first-order valence-corrected chi connectivity index (χ1v) is 15.0. The van der Waals surface area contributed by atoms with Crippen molar-refractivity contribution in [1.29, 1.82) is 0 Å². The number of carbonyl (C=O) groups excluding carboxylic acids is 2. The van der Waals surface area contributed by atoms with E-state index in [-0.39, 0.29) is 36.6 Å². The number of carboxylic acids is 1. The van der Waals surface area contributed by atoms with Crippen LogP contribution in [-0.2, 0) is 25.7 Å². The van der Waals surface area contributed by atoms with E-state index in [1.807, 2.05) is 42.5 Å². The molecular formula is C34H36FN3O5. The van der Waals surface area contributed by atoms with Crippen molar-refractivity contribution in [3.8, 4) is 11.1 Å². The Bertz CT molecular complexity index is 1500. The van der Waals surface area contributed by atoms with Crippen LogP contribution in [0.5, 0.6) is 0 Å². The Balaban J connectivity index is 1.30. The Hall–Kier alpha value is -4.24. The maximum Gasteiger partial charge on any atom is 0.305 e.